The number of hydrogen-bond donors (Lipinski definition) is 1. The quantitative estimate of drug-likeness (QED) is 0.750. The Labute approximate surface area is 80.2 Å². The molecular weight excluding hydrogens is 182 g/mol. The van der Waals surface area contributed by atoms with E-state index in [1.807, 2.05) is 0 Å². The Morgan fingerprint density at radius 3 is 2.79 bits per heavy atom. The van der Waals surface area contributed by atoms with Crippen LogP contribution < -0.4 is 0 Å². The molecule has 2 aromatic rings. The van der Waals surface area contributed by atoms with Crippen LogP contribution in [-0.4, -0.2) is 16.1 Å². The van der Waals surface area contributed by atoms with Crippen molar-refractivity contribution >= 4 is 16.7 Å². The molecule has 0 saturated heterocycles. The minimum Gasteiger partial charge on any atom is -0.476 e. The minimum atomic E-state index is -1.03. The van der Waals surface area contributed by atoms with Gasteiger partial charge in [-0.2, -0.15) is 0 Å². The highest BCUT2D eigenvalue weighted by Crippen LogP contribution is 2.26. The maximum absolute atomic E-state index is 10.9. The van der Waals surface area contributed by atoms with E-state index >= 15 is 0 Å². The molecule has 0 aliphatic rings. The van der Waals surface area contributed by atoms with Crippen LogP contribution in [0.1, 0.15) is 22.0 Å². The van der Waals surface area contributed by atoms with Crippen LogP contribution in [0.4, 0.5) is 0 Å². The van der Waals surface area contributed by atoms with Gasteiger partial charge >= 0.3 is 5.97 Å². The lowest BCUT2D eigenvalue weighted by Gasteiger charge is -1.95. The summed E-state index contributed by atoms with van der Waals surface area (Å²) in [4.78, 5) is 14.7. The van der Waals surface area contributed by atoms with E-state index in [0.29, 0.717) is 11.1 Å². The Bertz CT molecular complexity index is 513. The Morgan fingerprint density at radius 2 is 2.14 bits per heavy atom. The summed E-state index contributed by atoms with van der Waals surface area (Å²) in [7, 11) is 0. The van der Waals surface area contributed by atoms with Crippen molar-refractivity contribution in [2.45, 2.75) is 13.8 Å². The summed E-state index contributed by atoms with van der Waals surface area (Å²) in [5.41, 5.74) is 0.0526. The summed E-state index contributed by atoms with van der Waals surface area (Å²) in [5, 5.41) is 10.3. The second kappa shape index (κ2) is 2.83. The Kier molecular flexibility index (Phi) is 1.77. The van der Waals surface area contributed by atoms with Gasteiger partial charge in [0.1, 0.15) is 11.5 Å². The molecule has 0 aromatic carbocycles. The van der Waals surface area contributed by atoms with Gasteiger partial charge in [-0.3, -0.25) is 0 Å². The molecule has 2 aromatic heterocycles. The van der Waals surface area contributed by atoms with Crippen molar-refractivity contribution in [3.63, 3.8) is 0 Å². The van der Waals surface area contributed by atoms with Crippen molar-refractivity contribution in [3.05, 3.63) is 29.5 Å². The van der Waals surface area contributed by atoms with Gasteiger partial charge in [0, 0.05) is 11.6 Å². The van der Waals surface area contributed by atoms with E-state index < -0.39 is 5.97 Å². The predicted octanol–water partition coefficient (Wildman–Crippen LogP) is 2.14. The molecular formula is C10H9NO3. The van der Waals surface area contributed by atoms with E-state index in [-0.39, 0.29) is 5.69 Å². The molecule has 2 rings (SSSR count). The zero-order valence-electron chi connectivity index (χ0n) is 7.87. The van der Waals surface area contributed by atoms with Crippen LogP contribution in [0.3, 0.4) is 0 Å². The normalized spacial score (nSPS) is 10.7. The first-order valence-corrected chi connectivity index (χ1v) is 4.19. The van der Waals surface area contributed by atoms with E-state index in [2.05, 4.69) is 4.98 Å². The van der Waals surface area contributed by atoms with Gasteiger partial charge in [0.25, 0.3) is 0 Å². The van der Waals surface area contributed by atoms with Crippen LogP contribution in [0, 0.1) is 13.8 Å². The highest BCUT2D eigenvalue weighted by atomic mass is 16.4. The van der Waals surface area contributed by atoms with Crippen LogP contribution in [0.15, 0.2) is 16.7 Å². The molecule has 0 spiro atoms. The van der Waals surface area contributed by atoms with Gasteiger partial charge in [-0.1, -0.05) is 0 Å². The number of nitrogens with zero attached hydrogens (tertiary/aromatic N) is 1. The van der Waals surface area contributed by atoms with Crippen LogP contribution >= 0.6 is 0 Å². The lowest BCUT2D eigenvalue weighted by atomic mass is 10.1. The number of pyridine rings is 1. The van der Waals surface area contributed by atoms with Crippen LogP contribution in [0.25, 0.3) is 10.8 Å². The predicted molar refractivity (Wildman–Crippen MR) is 50.4 cm³/mol. The van der Waals surface area contributed by atoms with Crippen LogP contribution in [-0.2, 0) is 0 Å². The molecule has 72 valence electrons. The van der Waals surface area contributed by atoms with E-state index in [0.717, 1.165) is 11.1 Å². The van der Waals surface area contributed by atoms with Gasteiger partial charge < -0.3 is 9.52 Å². The number of carboxylic acids is 1. The van der Waals surface area contributed by atoms with Gasteiger partial charge in [0.2, 0.25) is 0 Å². The maximum Gasteiger partial charge on any atom is 0.355 e. The number of aromatic nitrogens is 1. The van der Waals surface area contributed by atoms with E-state index in [4.69, 9.17) is 9.52 Å². The molecule has 0 fully saturated rings. The van der Waals surface area contributed by atoms with Crippen molar-refractivity contribution in [2.75, 3.05) is 0 Å². The highest BCUT2D eigenvalue weighted by Gasteiger charge is 2.16. The number of furan rings is 1. The summed E-state index contributed by atoms with van der Waals surface area (Å²) in [6.45, 7) is 3.55. The summed E-state index contributed by atoms with van der Waals surface area (Å²) < 4.78 is 5.35. The molecule has 4 nitrogen and oxygen atoms in total. The fourth-order valence-electron chi connectivity index (χ4n) is 1.61. The fourth-order valence-corrected chi connectivity index (χ4v) is 1.61. The second-order valence-corrected chi connectivity index (χ2v) is 3.10. The number of carbonyl (C=O) groups is 1. The van der Waals surface area contributed by atoms with Crippen LogP contribution in [0.2, 0.25) is 0 Å². The first-order chi connectivity index (χ1) is 6.61. The smallest absolute Gasteiger partial charge is 0.355 e. The molecule has 0 radical (unpaired) electrons. The zero-order chi connectivity index (χ0) is 10.3. The maximum atomic E-state index is 10.9. The topological polar surface area (TPSA) is 63.3 Å². The molecule has 2 heterocycles. The largest absolute Gasteiger partial charge is 0.476 e. The number of rotatable bonds is 1. The number of hydrogen-bond acceptors (Lipinski definition) is 3. The van der Waals surface area contributed by atoms with E-state index in [1.165, 1.54) is 6.20 Å². The molecule has 1 N–H and O–H groups in total. The third kappa shape index (κ3) is 1.08. The summed E-state index contributed by atoms with van der Waals surface area (Å²) in [6.07, 6.45) is 1.48. The third-order valence-corrected chi connectivity index (χ3v) is 2.19. The molecule has 0 bridgehead atoms. The number of carboxylic acid groups (broad SMARTS) is 1. The second-order valence-electron chi connectivity index (χ2n) is 3.10. The van der Waals surface area contributed by atoms with Gasteiger partial charge in [-0.05, 0) is 19.9 Å². The molecule has 0 amide bonds. The molecule has 0 saturated carbocycles. The summed E-state index contributed by atoms with van der Waals surface area (Å²) in [6, 6.07) is 1.76. The lowest BCUT2D eigenvalue weighted by molar-refractivity contribution is 0.0692. The number of fused-ring (bicyclic) bond motifs is 1. The highest BCUT2D eigenvalue weighted by molar-refractivity contribution is 6.03. The van der Waals surface area contributed by atoms with E-state index in [9.17, 15) is 4.79 Å². The van der Waals surface area contributed by atoms with Crippen molar-refractivity contribution in [1.82, 2.24) is 4.98 Å². The molecule has 14 heavy (non-hydrogen) atoms. The monoisotopic (exact) mass is 191 g/mol. The SMILES string of the molecule is Cc1oc(C)c2c(C(=O)O)nccc12. The number of aryl methyl sites for hydroxylation is 2. The molecule has 0 atom stereocenters. The van der Waals surface area contributed by atoms with Crippen LogP contribution in [0.5, 0.6) is 0 Å². The zero-order valence-corrected chi connectivity index (χ0v) is 7.87. The average molecular weight is 191 g/mol. The van der Waals surface area contributed by atoms with Gasteiger partial charge in [0.05, 0.1) is 5.39 Å². The molecule has 0 aliphatic heterocycles. The van der Waals surface area contributed by atoms with Crippen molar-refractivity contribution in [3.8, 4) is 0 Å². The van der Waals surface area contributed by atoms with E-state index in [1.54, 1.807) is 19.9 Å². The number of aromatic carboxylic acids is 1. The lowest BCUT2D eigenvalue weighted by Crippen LogP contribution is -2.00. The third-order valence-electron chi connectivity index (χ3n) is 2.19. The van der Waals surface area contributed by atoms with Crippen molar-refractivity contribution in [1.29, 1.82) is 0 Å². The average Bonchev–Trinajstić information content (AvgIpc) is 2.43. The van der Waals surface area contributed by atoms with Gasteiger partial charge in [-0.15, -0.1) is 0 Å². The minimum absolute atomic E-state index is 0.0526. The molecule has 0 unspecified atom stereocenters. The fraction of sp³-hybridized carbons (Fsp3) is 0.200. The Balaban J connectivity index is 2.92. The first-order valence-electron chi connectivity index (χ1n) is 4.19. The standard InChI is InChI=1S/C10H9NO3/c1-5-7-3-4-11-9(10(12)13)8(7)6(2)14-5/h3-4H,1-2H3,(H,12,13). The summed E-state index contributed by atoms with van der Waals surface area (Å²) in [5.74, 6) is 0.296. The first kappa shape index (κ1) is 8.74. The summed E-state index contributed by atoms with van der Waals surface area (Å²) >= 11 is 0. The molecule has 4 heteroatoms. The van der Waals surface area contributed by atoms with Crippen molar-refractivity contribution < 1.29 is 14.3 Å². The van der Waals surface area contributed by atoms with Crippen molar-refractivity contribution in [2.24, 2.45) is 0 Å². The Morgan fingerprint density at radius 1 is 1.43 bits per heavy atom. The molecule has 0 aliphatic carbocycles. The van der Waals surface area contributed by atoms with Gasteiger partial charge in [0.15, 0.2) is 5.69 Å². The van der Waals surface area contributed by atoms with Gasteiger partial charge in [-0.25, -0.2) is 9.78 Å². The Hall–Kier alpha value is -1.84.